The van der Waals surface area contributed by atoms with Gasteiger partial charge in [0.15, 0.2) is 11.5 Å². The van der Waals surface area contributed by atoms with Crippen LogP contribution in [0.1, 0.15) is 15.9 Å². The molecule has 3 aromatic rings. The molecule has 0 atom stereocenters. The molecule has 0 bridgehead atoms. The number of amides is 1. The summed E-state index contributed by atoms with van der Waals surface area (Å²) in [4.78, 5) is 16.6. The van der Waals surface area contributed by atoms with E-state index in [1.165, 1.54) is 7.11 Å². The van der Waals surface area contributed by atoms with E-state index in [1.54, 1.807) is 54.7 Å². The van der Waals surface area contributed by atoms with Gasteiger partial charge in [-0.2, -0.15) is 0 Å². The van der Waals surface area contributed by atoms with E-state index in [2.05, 4.69) is 42.2 Å². The number of nitrogens with one attached hydrogen (secondary N) is 1. The Morgan fingerprint density at radius 3 is 2.36 bits per heavy atom. The van der Waals surface area contributed by atoms with Crippen molar-refractivity contribution in [1.29, 1.82) is 0 Å². The summed E-state index contributed by atoms with van der Waals surface area (Å²) in [6, 6.07) is 17.6. The maximum absolute atomic E-state index is 12.3. The summed E-state index contributed by atoms with van der Waals surface area (Å²) < 4.78 is 6.82. The van der Waals surface area contributed by atoms with Crippen LogP contribution in [0.5, 0.6) is 11.5 Å². The number of nitrogens with zero attached hydrogens (tertiary/aromatic N) is 1. The lowest BCUT2D eigenvalue weighted by Crippen LogP contribution is -2.11. The summed E-state index contributed by atoms with van der Waals surface area (Å²) in [5.41, 5.74) is 2.45. The third-order valence-electron chi connectivity index (χ3n) is 3.87. The quantitative estimate of drug-likeness (QED) is 0.424. The number of halogens is 2. The largest absolute Gasteiger partial charge is 0.504 e. The van der Waals surface area contributed by atoms with Gasteiger partial charge in [0, 0.05) is 32.0 Å². The van der Waals surface area contributed by atoms with Gasteiger partial charge >= 0.3 is 0 Å². The van der Waals surface area contributed by atoms with Crippen molar-refractivity contribution in [2.45, 2.75) is 0 Å². The molecule has 0 aromatic heterocycles. The molecule has 0 spiro atoms. The molecular formula is C21H16Br2N2O3. The molecule has 0 aliphatic carbocycles. The minimum atomic E-state index is -0.185. The molecule has 2 N–H and O–H groups in total. The maximum atomic E-state index is 12.3. The average Bonchev–Trinajstić information content (AvgIpc) is 2.70. The van der Waals surface area contributed by atoms with E-state index in [9.17, 15) is 9.90 Å². The molecule has 0 aliphatic rings. The number of carbonyl (C=O) groups excluding carboxylic acids is 1. The van der Waals surface area contributed by atoms with Gasteiger partial charge < -0.3 is 15.2 Å². The van der Waals surface area contributed by atoms with Crippen molar-refractivity contribution in [3.8, 4) is 11.5 Å². The normalized spacial score (nSPS) is 10.8. The second-order valence-electron chi connectivity index (χ2n) is 5.81. The smallest absolute Gasteiger partial charge is 0.255 e. The van der Waals surface area contributed by atoms with E-state index in [0.717, 1.165) is 8.95 Å². The van der Waals surface area contributed by atoms with Gasteiger partial charge in [-0.05, 0) is 60.7 Å². The van der Waals surface area contributed by atoms with Crippen molar-refractivity contribution in [3.05, 3.63) is 80.7 Å². The number of hydrogen-bond donors (Lipinski definition) is 2. The van der Waals surface area contributed by atoms with Gasteiger partial charge in [0.1, 0.15) is 0 Å². The lowest BCUT2D eigenvalue weighted by Gasteiger charge is -2.07. The van der Waals surface area contributed by atoms with Crippen LogP contribution in [-0.2, 0) is 0 Å². The lowest BCUT2D eigenvalue weighted by atomic mass is 10.2. The number of anilines is 1. The van der Waals surface area contributed by atoms with Crippen LogP contribution in [0.4, 0.5) is 11.4 Å². The number of phenolic OH excluding ortho intramolecular Hbond substituents is 1. The fraction of sp³-hybridized carbons (Fsp3) is 0.0476. The second-order valence-corrected chi connectivity index (χ2v) is 7.64. The molecule has 3 aromatic carbocycles. The number of hydrogen-bond acceptors (Lipinski definition) is 4. The first-order valence-corrected chi connectivity index (χ1v) is 9.82. The summed E-state index contributed by atoms with van der Waals surface area (Å²) in [5, 5.41) is 13.0. The summed E-state index contributed by atoms with van der Waals surface area (Å²) in [5.74, 6) is 0.199. The molecule has 0 saturated heterocycles. The first-order chi connectivity index (χ1) is 13.5. The predicted octanol–water partition coefficient (Wildman–Crippen LogP) is 5.93. The van der Waals surface area contributed by atoms with Crippen LogP contribution in [0.15, 0.2) is 74.6 Å². The number of methoxy groups -OCH3 is 1. The van der Waals surface area contributed by atoms with Crippen LogP contribution in [0, 0.1) is 0 Å². The van der Waals surface area contributed by atoms with Crippen LogP contribution in [0.3, 0.4) is 0 Å². The molecule has 5 nitrogen and oxygen atoms in total. The first-order valence-electron chi connectivity index (χ1n) is 8.24. The minimum Gasteiger partial charge on any atom is -0.504 e. The SMILES string of the molecule is COc1cc(Br)cc(C=Nc2ccc(NC(=O)c3ccc(Br)cc3)cc2)c1O. The Morgan fingerprint density at radius 2 is 1.71 bits per heavy atom. The van der Waals surface area contributed by atoms with Gasteiger partial charge in [-0.1, -0.05) is 31.9 Å². The topological polar surface area (TPSA) is 70.9 Å². The molecule has 0 aliphatic heterocycles. The van der Waals surface area contributed by atoms with Crippen molar-refractivity contribution in [2.24, 2.45) is 4.99 Å². The highest BCUT2D eigenvalue weighted by Crippen LogP contribution is 2.33. The monoisotopic (exact) mass is 502 g/mol. The van der Waals surface area contributed by atoms with Gasteiger partial charge in [-0.3, -0.25) is 9.79 Å². The van der Waals surface area contributed by atoms with Gasteiger partial charge in [0.2, 0.25) is 0 Å². The number of aliphatic imine (C=N–C) groups is 1. The number of aromatic hydroxyl groups is 1. The van der Waals surface area contributed by atoms with Crippen molar-refractivity contribution in [3.63, 3.8) is 0 Å². The number of carbonyl (C=O) groups is 1. The van der Waals surface area contributed by atoms with E-state index >= 15 is 0 Å². The number of benzene rings is 3. The first kappa shape index (κ1) is 20.1. The van der Waals surface area contributed by atoms with Crippen molar-refractivity contribution >= 4 is 55.4 Å². The van der Waals surface area contributed by atoms with Gasteiger partial charge in [0.25, 0.3) is 5.91 Å². The Kier molecular flexibility index (Phi) is 6.49. The molecule has 1 amide bonds. The third kappa shape index (κ3) is 4.99. The zero-order chi connectivity index (χ0) is 20.1. The third-order valence-corrected chi connectivity index (χ3v) is 4.86. The Bertz CT molecular complexity index is 1020. The van der Waals surface area contributed by atoms with E-state index in [0.29, 0.717) is 28.3 Å². The zero-order valence-corrected chi connectivity index (χ0v) is 18.0. The van der Waals surface area contributed by atoms with E-state index in [4.69, 9.17) is 4.74 Å². The number of phenols is 1. The summed E-state index contributed by atoms with van der Waals surface area (Å²) in [6.45, 7) is 0. The zero-order valence-electron chi connectivity index (χ0n) is 14.8. The lowest BCUT2D eigenvalue weighted by molar-refractivity contribution is 0.102. The summed E-state index contributed by atoms with van der Waals surface area (Å²) >= 11 is 6.72. The van der Waals surface area contributed by atoms with Crippen LogP contribution < -0.4 is 10.1 Å². The van der Waals surface area contributed by atoms with Crippen LogP contribution in [0.2, 0.25) is 0 Å². The molecule has 0 heterocycles. The maximum Gasteiger partial charge on any atom is 0.255 e. The summed E-state index contributed by atoms with van der Waals surface area (Å²) in [7, 11) is 1.49. The van der Waals surface area contributed by atoms with E-state index in [-0.39, 0.29) is 11.7 Å². The summed E-state index contributed by atoms with van der Waals surface area (Å²) in [6.07, 6.45) is 1.55. The van der Waals surface area contributed by atoms with Crippen molar-refractivity contribution in [1.82, 2.24) is 0 Å². The van der Waals surface area contributed by atoms with Crippen molar-refractivity contribution < 1.29 is 14.6 Å². The van der Waals surface area contributed by atoms with Gasteiger partial charge in [-0.25, -0.2) is 0 Å². The van der Waals surface area contributed by atoms with Crippen molar-refractivity contribution in [2.75, 3.05) is 12.4 Å². The molecule has 7 heteroatoms. The molecule has 142 valence electrons. The van der Waals surface area contributed by atoms with Crippen LogP contribution in [0.25, 0.3) is 0 Å². The molecule has 0 radical (unpaired) electrons. The van der Waals surface area contributed by atoms with E-state index in [1.807, 2.05) is 12.1 Å². The Labute approximate surface area is 179 Å². The second kappa shape index (κ2) is 9.03. The van der Waals surface area contributed by atoms with Gasteiger partial charge in [-0.15, -0.1) is 0 Å². The van der Waals surface area contributed by atoms with Gasteiger partial charge in [0.05, 0.1) is 12.8 Å². The standard InChI is InChI=1S/C21H16Br2N2O3/c1-28-19-11-16(23)10-14(20(19)26)12-24-17-6-8-18(9-7-17)25-21(27)13-2-4-15(22)5-3-13/h2-12,26H,1H3,(H,25,27). The van der Waals surface area contributed by atoms with Crippen LogP contribution >= 0.6 is 31.9 Å². The van der Waals surface area contributed by atoms with Crippen LogP contribution in [-0.4, -0.2) is 24.3 Å². The molecule has 0 unspecified atom stereocenters. The fourth-order valence-corrected chi connectivity index (χ4v) is 3.15. The predicted molar refractivity (Wildman–Crippen MR) is 118 cm³/mol. The molecule has 0 saturated carbocycles. The molecule has 0 fully saturated rings. The minimum absolute atomic E-state index is 0.0211. The highest BCUT2D eigenvalue weighted by Gasteiger charge is 2.08. The number of rotatable bonds is 5. The Morgan fingerprint density at radius 1 is 1.04 bits per heavy atom. The Balaban J connectivity index is 1.71. The van der Waals surface area contributed by atoms with E-state index < -0.39 is 0 Å². The molecular weight excluding hydrogens is 488 g/mol. The molecule has 28 heavy (non-hydrogen) atoms. The Hall–Kier alpha value is -2.64. The highest BCUT2D eigenvalue weighted by atomic mass is 79.9. The average molecular weight is 504 g/mol. The molecule has 3 rings (SSSR count). The highest BCUT2D eigenvalue weighted by molar-refractivity contribution is 9.10. The number of ether oxygens (including phenoxy) is 1. The fourth-order valence-electron chi connectivity index (χ4n) is 2.43.